The lowest BCUT2D eigenvalue weighted by atomic mass is 10.1. The van der Waals surface area contributed by atoms with Gasteiger partial charge in [-0.25, -0.2) is 0 Å². The number of para-hydroxylation sites is 2. The van der Waals surface area contributed by atoms with Crippen LogP contribution in [0.1, 0.15) is 5.56 Å². The maximum absolute atomic E-state index is 12.9. The fourth-order valence-corrected chi connectivity index (χ4v) is 3.39. The highest BCUT2D eigenvalue weighted by atomic mass is 19.4. The van der Waals surface area contributed by atoms with Gasteiger partial charge in [0.25, 0.3) is 0 Å². The standard InChI is InChI=1S/C19H21F3N4O/c20-19(21,22)15-4-3-5-16(12-15)24-8-10-26(11-9-24)27-14-25-13-23-17-6-1-2-7-18(17)25/h1-7,12,23H,8-11,13-14H2. The van der Waals surface area contributed by atoms with Crippen molar-refractivity contribution >= 4 is 17.1 Å². The first-order chi connectivity index (χ1) is 13.0. The molecule has 0 atom stereocenters. The molecule has 1 fully saturated rings. The SMILES string of the molecule is FC(F)(F)c1cccc(N2CCN(OCN3CNc4ccccc43)CC2)c1. The van der Waals surface area contributed by atoms with Gasteiger partial charge in [-0.2, -0.15) is 18.2 Å². The van der Waals surface area contributed by atoms with Crippen LogP contribution in [0.4, 0.5) is 30.2 Å². The van der Waals surface area contributed by atoms with Crippen LogP contribution in [0.2, 0.25) is 0 Å². The zero-order valence-electron chi connectivity index (χ0n) is 14.7. The summed E-state index contributed by atoms with van der Waals surface area (Å²) in [5.41, 5.74) is 2.19. The lowest BCUT2D eigenvalue weighted by molar-refractivity contribution is -0.160. The molecule has 0 aromatic heterocycles. The molecule has 0 aliphatic carbocycles. The van der Waals surface area contributed by atoms with E-state index in [0.717, 1.165) is 17.4 Å². The molecule has 2 aromatic carbocycles. The summed E-state index contributed by atoms with van der Waals surface area (Å²) in [5, 5.41) is 5.19. The van der Waals surface area contributed by atoms with Crippen molar-refractivity contribution in [3.8, 4) is 0 Å². The Labute approximate surface area is 155 Å². The molecule has 2 heterocycles. The second kappa shape index (κ2) is 7.28. The van der Waals surface area contributed by atoms with E-state index in [9.17, 15) is 13.2 Å². The van der Waals surface area contributed by atoms with Crippen molar-refractivity contribution in [3.63, 3.8) is 0 Å². The Morgan fingerprint density at radius 1 is 0.963 bits per heavy atom. The van der Waals surface area contributed by atoms with E-state index in [4.69, 9.17) is 4.84 Å². The molecule has 0 spiro atoms. The van der Waals surface area contributed by atoms with Crippen LogP contribution in [-0.4, -0.2) is 44.6 Å². The number of nitrogens with zero attached hydrogens (tertiary/aromatic N) is 3. The molecular weight excluding hydrogens is 357 g/mol. The quantitative estimate of drug-likeness (QED) is 0.879. The van der Waals surface area contributed by atoms with Crippen molar-refractivity contribution in [2.45, 2.75) is 6.18 Å². The number of anilines is 3. The van der Waals surface area contributed by atoms with Crippen LogP contribution in [0.25, 0.3) is 0 Å². The number of hydroxylamine groups is 2. The van der Waals surface area contributed by atoms with Crippen LogP contribution in [0.5, 0.6) is 0 Å². The number of alkyl halides is 3. The summed E-state index contributed by atoms with van der Waals surface area (Å²) in [5.74, 6) is 0. The molecule has 0 saturated carbocycles. The van der Waals surface area contributed by atoms with Crippen LogP contribution in [-0.2, 0) is 11.0 Å². The van der Waals surface area contributed by atoms with Gasteiger partial charge in [0.2, 0.25) is 0 Å². The molecule has 0 bridgehead atoms. The van der Waals surface area contributed by atoms with E-state index < -0.39 is 11.7 Å². The molecule has 0 radical (unpaired) electrons. The maximum Gasteiger partial charge on any atom is 0.416 e. The Hall–Kier alpha value is -2.45. The van der Waals surface area contributed by atoms with Gasteiger partial charge in [-0.3, -0.25) is 4.84 Å². The summed E-state index contributed by atoms with van der Waals surface area (Å²) < 4.78 is 38.7. The number of rotatable bonds is 4. The van der Waals surface area contributed by atoms with Gasteiger partial charge >= 0.3 is 6.18 Å². The number of nitrogens with one attached hydrogen (secondary N) is 1. The smallest absolute Gasteiger partial charge is 0.369 e. The molecule has 1 saturated heterocycles. The van der Waals surface area contributed by atoms with Gasteiger partial charge in [-0.15, -0.1) is 0 Å². The zero-order valence-corrected chi connectivity index (χ0v) is 14.7. The van der Waals surface area contributed by atoms with E-state index in [1.165, 1.54) is 12.1 Å². The predicted octanol–water partition coefficient (Wildman–Crippen LogP) is 3.61. The van der Waals surface area contributed by atoms with Crippen LogP contribution in [0.15, 0.2) is 48.5 Å². The van der Waals surface area contributed by atoms with Crippen molar-refractivity contribution in [1.82, 2.24) is 5.06 Å². The van der Waals surface area contributed by atoms with E-state index >= 15 is 0 Å². The number of piperazine rings is 1. The van der Waals surface area contributed by atoms with E-state index in [1.54, 1.807) is 6.07 Å². The number of hydrogen-bond donors (Lipinski definition) is 1. The molecule has 0 amide bonds. The Balaban J connectivity index is 1.30. The Kier molecular flexibility index (Phi) is 4.84. The third-order valence-corrected chi connectivity index (χ3v) is 4.88. The second-order valence-corrected chi connectivity index (χ2v) is 6.61. The minimum Gasteiger partial charge on any atom is -0.369 e. The minimum absolute atomic E-state index is 0.438. The fraction of sp³-hybridized carbons (Fsp3) is 0.368. The predicted molar refractivity (Wildman–Crippen MR) is 98.6 cm³/mol. The number of halogens is 3. The first-order valence-corrected chi connectivity index (χ1v) is 8.89. The molecule has 27 heavy (non-hydrogen) atoms. The first kappa shape index (κ1) is 17.9. The summed E-state index contributed by atoms with van der Waals surface area (Å²) >= 11 is 0. The highest BCUT2D eigenvalue weighted by Crippen LogP contribution is 2.32. The number of hydrogen-bond acceptors (Lipinski definition) is 5. The normalized spacial score (nSPS) is 17.7. The third kappa shape index (κ3) is 3.96. The van der Waals surface area contributed by atoms with Crippen LogP contribution in [0, 0.1) is 0 Å². The molecule has 0 unspecified atom stereocenters. The van der Waals surface area contributed by atoms with Gasteiger partial charge in [0.15, 0.2) is 0 Å². The third-order valence-electron chi connectivity index (χ3n) is 4.88. The van der Waals surface area contributed by atoms with Crippen molar-refractivity contribution in [3.05, 3.63) is 54.1 Å². The summed E-state index contributed by atoms with van der Waals surface area (Å²) in [6, 6.07) is 13.6. The molecule has 144 valence electrons. The van der Waals surface area contributed by atoms with Crippen molar-refractivity contribution in [1.29, 1.82) is 0 Å². The summed E-state index contributed by atoms with van der Waals surface area (Å²) in [4.78, 5) is 9.96. The highest BCUT2D eigenvalue weighted by Gasteiger charge is 2.31. The van der Waals surface area contributed by atoms with Crippen molar-refractivity contribution < 1.29 is 18.0 Å². The van der Waals surface area contributed by atoms with E-state index in [2.05, 4.69) is 10.2 Å². The Morgan fingerprint density at radius 2 is 1.74 bits per heavy atom. The first-order valence-electron chi connectivity index (χ1n) is 8.89. The maximum atomic E-state index is 12.9. The minimum atomic E-state index is -4.32. The van der Waals surface area contributed by atoms with Crippen molar-refractivity contribution in [2.24, 2.45) is 0 Å². The molecule has 4 rings (SSSR count). The van der Waals surface area contributed by atoms with Crippen LogP contribution in [0.3, 0.4) is 0 Å². The molecule has 5 nitrogen and oxygen atoms in total. The average Bonchev–Trinajstić information content (AvgIpc) is 3.09. The molecule has 2 aliphatic rings. The Bertz CT molecular complexity index is 791. The van der Waals surface area contributed by atoms with Gasteiger partial charge in [0, 0.05) is 31.9 Å². The highest BCUT2D eigenvalue weighted by molar-refractivity contribution is 5.74. The Morgan fingerprint density at radius 3 is 2.52 bits per heavy atom. The monoisotopic (exact) mass is 378 g/mol. The van der Waals surface area contributed by atoms with E-state index in [-0.39, 0.29) is 0 Å². The summed E-state index contributed by atoms with van der Waals surface area (Å²) in [6.45, 7) is 3.65. The average molecular weight is 378 g/mol. The number of benzene rings is 2. The van der Waals surface area contributed by atoms with Crippen LogP contribution >= 0.6 is 0 Å². The van der Waals surface area contributed by atoms with E-state index in [1.807, 2.05) is 34.2 Å². The molecule has 2 aromatic rings. The number of fused-ring (bicyclic) bond motifs is 1. The second-order valence-electron chi connectivity index (χ2n) is 6.61. The van der Waals surface area contributed by atoms with Gasteiger partial charge in [0.1, 0.15) is 6.73 Å². The van der Waals surface area contributed by atoms with Gasteiger partial charge < -0.3 is 15.1 Å². The van der Waals surface area contributed by atoms with E-state index in [0.29, 0.717) is 45.3 Å². The topological polar surface area (TPSA) is 31.0 Å². The van der Waals surface area contributed by atoms with Crippen molar-refractivity contribution in [2.75, 3.05) is 54.7 Å². The largest absolute Gasteiger partial charge is 0.416 e. The van der Waals surface area contributed by atoms with Gasteiger partial charge in [-0.05, 0) is 30.3 Å². The summed E-state index contributed by atoms with van der Waals surface area (Å²) in [7, 11) is 0. The van der Waals surface area contributed by atoms with Gasteiger partial charge in [0.05, 0.1) is 23.6 Å². The molecule has 1 N–H and O–H groups in total. The summed E-state index contributed by atoms with van der Waals surface area (Å²) in [6.07, 6.45) is -4.32. The molecular formula is C19H21F3N4O. The molecule has 8 heteroatoms. The van der Waals surface area contributed by atoms with Crippen LogP contribution < -0.4 is 15.1 Å². The lowest BCUT2D eigenvalue weighted by Crippen LogP contribution is -2.47. The lowest BCUT2D eigenvalue weighted by Gasteiger charge is -2.36. The molecule has 2 aliphatic heterocycles. The fourth-order valence-electron chi connectivity index (χ4n) is 3.39. The zero-order chi connectivity index (χ0) is 18.9. The van der Waals surface area contributed by atoms with Gasteiger partial charge in [-0.1, -0.05) is 18.2 Å².